The third-order valence-electron chi connectivity index (χ3n) is 5.68. The summed E-state index contributed by atoms with van der Waals surface area (Å²) in [7, 11) is 0. The molecular weight excluding hydrogens is 499 g/mol. The summed E-state index contributed by atoms with van der Waals surface area (Å²) in [5, 5.41) is 29.0. The Hall–Kier alpha value is -4.75. The van der Waals surface area contributed by atoms with Crippen molar-refractivity contribution < 1.29 is 32.2 Å². The lowest BCUT2D eigenvalue weighted by Gasteiger charge is -2.14. The third kappa shape index (κ3) is 5.27. The average Bonchev–Trinajstić information content (AvgIpc) is 3.19. The number of non-ortho nitro benzene ring substituents is 1. The Morgan fingerprint density at radius 2 is 1.84 bits per heavy atom. The highest BCUT2D eigenvalue weighted by molar-refractivity contribution is 6.09. The van der Waals surface area contributed by atoms with Gasteiger partial charge in [0.15, 0.2) is 5.76 Å². The number of nitrogens with one attached hydrogen (secondary N) is 2. The molecule has 0 fully saturated rings. The SMILES string of the molecule is Cc1c(C(=O)Nc2cccc(C(F)(F)F)c2)oc2c1/C(=N/Nc1ccc([N+](=O)[O-])cc1[N+](=O)[O-])CCC2. The Kier molecular flexibility index (Phi) is 6.66. The molecular formula is C23H18F3N5O6. The van der Waals surface area contributed by atoms with Crippen LogP contribution in [0.15, 0.2) is 52.0 Å². The normalized spacial score (nSPS) is 14.2. The number of rotatable bonds is 6. The standard InChI is InChI=1S/C23H18F3N5O6/c1-12-20-17(29-28-16-9-8-15(30(33)34)11-18(16)31(35)36)6-3-7-19(20)37-21(12)22(32)27-14-5-2-4-13(10-14)23(24,25)26/h2,4-5,8-11,28H,3,6-7H2,1H3,(H,27,32)/b29-17+. The van der Waals surface area contributed by atoms with Gasteiger partial charge < -0.3 is 9.73 Å². The quantitative estimate of drug-likeness (QED) is 0.308. The van der Waals surface area contributed by atoms with E-state index in [1.807, 2.05) is 0 Å². The fourth-order valence-electron chi connectivity index (χ4n) is 3.96. The summed E-state index contributed by atoms with van der Waals surface area (Å²) in [4.78, 5) is 33.6. The van der Waals surface area contributed by atoms with E-state index in [-0.39, 0.29) is 17.1 Å². The molecule has 0 bridgehead atoms. The van der Waals surface area contributed by atoms with Gasteiger partial charge in [0.1, 0.15) is 11.4 Å². The maximum absolute atomic E-state index is 13.0. The summed E-state index contributed by atoms with van der Waals surface area (Å²) < 4.78 is 44.7. The Morgan fingerprint density at radius 3 is 2.51 bits per heavy atom. The van der Waals surface area contributed by atoms with Gasteiger partial charge in [0.25, 0.3) is 11.6 Å². The van der Waals surface area contributed by atoms with Crippen molar-refractivity contribution in [2.24, 2.45) is 5.10 Å². The molecule has 1 amide bonds. The van der Waals surface area contributed by atoms with Gasteiger partial charge in [-0.3, -0.25) is 30.4 Å². The minimum absolute atomic E-state index is 0.0605. The van der Waals surface area contributed by atoms with Gasteiger partial charge in [-0.2, -0.15) is 18.3 Å². The average molecular weight is 517 g/mol. The van der Waals surface area contributed by atoms with Gasteiger partial charge in [0.05, 0.1) is 27.2 Å². The highest BCUT2D eigenvalue weighted by Crippen LogP contribution is 2.34. The lowest BCUT2D eigenvalue weighted by Crippen LogP contribution is -2.15. The van der Waals surface area contributed by atoms with Crippen molar-refractivity contribution in [2.45, 2.75) is 32.4 Å². The first kappa shape index (κ1) is 25.3. The van der Waals surface area contributed by atoms with Crippen molar-refractivity contribution in [2.75, 3.05) is 10.7 Å². The molecule has 2 N–H and O–H groups in total. The summed E-state index contributed by atoms with van der Waals surface area (Å²) in [5.74, 6) is -0.403. The largest absolute Gasteiger partial charge is 0.455 e. The minimum atomic E-state index is -4.57. The number of hydrogen-bond donors (Lipinski definition) is 2. The van der Waals surface area contributed by atoms with Crippen LogP contribution in [0, 0.1) is 27.2 Å². The molecule has 14 heteroatoms. The molecule has 11 nitrogen and oxygen atoms in total. The van der Waals surface area contributed by atoms with E-state index in [2.05, 4.69) is 15.8 Å². The number of furan rings is 1. The second kappa shape index (κ2) is 9.72. The molecule has 1 heterocycles. The van der Waals surface area contributed by atoms with Crippen molar-refractivity contribution >= 4 is 34.4 Å². The van der Waals surface area contributed by atoms with Gasteiger partial charge in [0.2, 0.25) is 0 Å². The summed E-state index contributed by atoms with van der Waals surface area (Å²) in [6.45, 7) is 1.60. The molecule has 0 unspecified atom stereocenters. The first-order valence-corrected chi connectivity index (χ1v) is 10.8. The molecule has 1 aliphatic carbocycles. The molecule has 0 spiro atoms. The summed E-state index contributed by atoms with van der Waals surface area (Å²) in [5.41, 5.74) is 1.88. The van der Waals surface area contributed by atoms with Crippen LogP contribution in [0.25, 0.3) is 0 Å². The molecule has 2 aromatic carbocycles. The van der Waals surface area contributed by atoms with Crippen LogP contribution in [0.5, 0.6) is 0 Å². The number of hydrogen-bond acceptors (Lipinski definition) is 8. The van der Waals surface area contributed by atoms with E-state index >= 15 is 0 Å². The topological polar surface area (TPSA) is 153 Å². The van der Waals surface area contributed by atoms with E-state index in [0.717, 1.165) is 24.3 Å². The summed E-state index contributed by atoms with van der Waals surface area (Å²) in [6.07, 6.45) is -3.06. The van der Waals surface area contributed by atoms with Crippen molar-refractivity contribution in [1.29, 1.82) is 0 Å². The van der Waals surface area contributed by atoms with Crippen LogP contribution in [-0.2, 0) is 12.6 Å². The van der Waals surface area contributed by atoms with Crippen LogP contribution >= 0.6 is 0 Å². The first-order valence-electron chi connectivity index (χ1n) is 10.8. The lowest BCUT2D eigenvalue weighted by atomic mass is 9.93. The Bertz CT molecular complexity index is 1450. The molecule has 0 saturated carbocycles. The fourth-order valence-corrected chi connectivity index (χ4v) is 3.96. The van der Waals surface area contributed by atoms with Crippen molar-refractivity contribution in [3.05, 3.63) is 90.9 Å². The van der Waals surface area contributed by atoms with E-state index in [0.29, 0.717) is 41.9 Å². The predicted octanol–water partition coefficient (Wildman–Crippen LogP) is 5.83. The van der Waals surface area contributed by atoms with E-state index in [9.17, 15) is 38.2 Å². The number of hydrazone groups is 1. The molecule has 3 aromatic rings. The predicted molar refractivity (Wildman–Crippen MR) is 126 cm³/mol. The van der Waals surface area contributed by atoms with Crippen LogP contribution in [0.1, 0.15) is 45.8 Å². The minimum Gasteiger partial charge on any atom is -0.455 e. The maximum atomic E-state index is 13.0. The van der Waals surface area contributed by atoms with E-state index < -0.39 is 38.9 Å². The third-order valence-corrected chi connectivity index (χ3v) is 5.68. The van der Waals surface area contributed by atoms with Gasteiger partial charge in [-0.15, -0.1) is 0 Å². The van der Waals surface area contributed by atoms with Crippen LogP contribution < -0.4 is 10.7 Å². The molecule has 1 aliphatic rings. The number of nitro groups is 2. The van der Waals surface area contributed by atoms with Crippen molar-refractivity contribution in [3.8, 4) is 0 Å². The fraction of sp³-hybridized carbons (Fsp3) is 0.217. The zero-order chi connectivity index (χ0) is 26.9. The highest BCUT2D eigenvalue weighted by atomic mass is 19.4. The van der Waals surface area contributed by atoms with Crippen molar-refractivity contribution in [1.82, 2.24) is 0 Å². The monoisotopic (exact) mass is 517 g/mol. The number of amides is 1. The Morgan fingerprint density at radius 1 is 1.08 bits per heavy atom. The number of carbonyl (C=O) groups excluding carboxylic acids is 1. The molecule has 4 rings (SSSR count). The molecule has 0 aliphatic heterocycles. The second-order valence-corrected chi connectivity index (χ2v) is 8.13. The van der Waals surface area contributed by atoms with E-state index in [1.165, 1.54) is 18.2 Å². The molecule has 192 valence electrons. The van der Waals surface area contributed by atoms with Gasteiger partial charge in [-0.1, -0.05) is 6.07 Å². The Balaban J connectivity index is 1.61. The maximum Gasteiger partial charge on any atom is 0.416 e. The number of aryl methyl sites for hydroxylation is 1. The number of benzene rings is 2. The Labute approximate surface area is 206 Å². The van der Waals surface area contributed by atoms with Crippen LogP contribution in [0.3, 0.4) is 0 Å². The summed E-state index contributed by atoms with van der Waals surface area (Å²) in [6, 6.07) is 7.27. The number of anilines is 2. The number of carbonyl (C=O) groups is 1. The zero-order valence-corrected chi connectivity index (χ0v) is 19.1. The summed E-state index contributed by atoms with van der Waals surface area (Å²) >= 11 is 0. The van der Waals surface area contributed by atoms with Gasteiger partial charge in [0, 0.05) is 29.3 Å². The van der Waals surface area contributed by atoms with Gasteiger partial charge in [-0.25, -0.2) is 0 Å². The molecule has 1 aromatic heterocycles. The number of nitro benzene ring substituents is 2. The van der Waals surface area contributed by atoms with Crippen LogP contribution in [0.4, 0.5) is 35.9 Å². The first-order chi connectivity index (χ1) is 17.5. The van der Waals surface area contributed by atoms with Crippen LogP contribution in [0.2, 0.25) is 0 Å². The number of nitrogens with zero attached hydrogens (tertiary/aromatic N) is 3. The molecule has 0 atom stereocenters. The van der Waals surface area contributed by atoms with Crippen molar-refractivity contribution in [3.63, 3.8) is 0 Å². The smallest absolute Gasteiger partial charge is 0.416 e. The lowest BCUT2D eigenvalue weighted by molar-refractivity contribution is -0.393. The second-order valence-electron chi connectivity index (χ2n) is 8.13. The highest BCUT2D eigenvalue weighted by Gasteiger charge is 2.31. The molecule has 0 saturated heterocycles. The van der Waals surface area contributed by atoms with E-state index in [1.54, 1.807) is 6.92 Å². The number of alkyl halides is 3. The van der Waals surface area contributed by atoms with Gasteiger partial charge >= 0.3 is 11.9 Å². The van der Waals surface area contributed by atoms with Crippen LogP contribution in [-0.4, -0.2) is 21.5 Å². The van der Waals surface area contributed by atoms with E-state index in [4.69, 9.17) is 4.42 Å². The molecule has 0 radical (unpaired) electrons. The molecule has 37 heavy (non-hydrogen) atoms. The van der Waals surface area contributed by atoms with Gasteiger partial charge in [-0.05, 0) is 44.0 Å². The number of fused-ring (bicyclic) bond motifs is 1. The number of halogens is 3. The zero-order valence-electron chi connectivity index (χ0n) is 19.1.